The van der Waals surface area contributed by atoms with E-state index in [0.717, 1.165) is 95.8 Å². The summed E-state index contributed by atoms with van der Waals surface area (Å²) in [6, 6.07) is 0. The third-order valence-corrected chi connectivity index (χ3v) is 18.0. The van der Waals surface area contributed by atoms with Crippen molar-refractivity contribution in [3.63, 3.8) is 0 Å². The number of hydrogen-bond donors (Lipinski definition) is 3. The predicted molar refractivity (Wildman–Crippen MR) is 349 cm³/mol. The average molecular weight is 1280 g/mol. The van der Waals surface area contributed by atoms with Crippen molar-refractivity contribution in [2.75, 3.05) is 39.6 Å². The van der Waals surface area contributed by atoms with Crippen LogP contribution in [0.4, 0.5) is 0 Å². The van der Waals surface area contributed by atoms with Crippen LogP contribution in [0.1, 0.15) is 349 Å². The summed E-state index contributed by atoms with van der Waals surface area (Å²) in [5.74, 6) is -1.32. The van der Waals surface area contributed by atoms with Crippen LogP contribution in [0, 0.1) is 5.92 Å². The lowest BCUT2D eigenvalue weighted by Crippen LogP contribution is -2.30. The molecular weight excluding hydrogens is 1150 g/mol. The standard InChI is InChI=1S/C68H132O17P2/c1-6-10-13-16-19-22-25-26-27-33-37-42-47-52-66(71)79-58-64(85-68(73)54-49-44-39-34-29-28-30-35-40-45-50-61(5)9-4)60-83-87(76,77)81-56-62(69)55-80-86(74,75)82-59-63(84-67(72)53-48-43-38-32-24-21-18-15-12-8-3)57-78-65(70)51-46-41-36-31-23-20-17-14-11-7-2/h61-64,69H,6-60H2,1-5H3,(H,74,75)(H,76,77)/t61?,62-,63+,64+/m0/s1. The summed E-state index contributed by atoms with van der Waals surface area (Å²) in [7, 11) is -9.89. The molecule has 0 aliphatic heterocycles. The van der Waals surface area contributed by atoms with Crippen molar-refractivity contribution in [1.82, 2.24) is 0 Å². The van der Waals surface area contributed by atoms with Gasteiger partial charge in [-0.1, -0.05) is 298 Å². The van der Waals surface area contributed by atoms with E-state index in [9.17, 15) is 43.2 Å². The van der Waals surface area contributed by atoms with Crippen LogP contribution in [0.15, 0.2) is 0 Å². The largest absolute Gasteiger partial charge is 0.472 e. The first-order chi connectivity index (χ1) is 42.1. The molecule has 0 rings (SSSR count). The number of unbranched alkanes of at least 4 members (excludes halogenated alkanes) is 39. The minimum Gasteiger partial charge on any atom is -0.462 e. The van der Waals surface area contributed by atoms with Gasteiger partial charge in [-0.2, -0.15) is 0 Å². The van der Waals surface area contributed by atoms with E-state index in [1.807, 2.05) is 0 Å². The maximum Gasteiger partial charge on any atom is 0.472 e. The predicted octanol–water partition coefficient (Wildman–Crippen LogP) is 19.4. The second kappa shape index (κ2) is 61.6. The van der Waals surface area contributed by atoms with Crippen LogP contribution in [0.2, 0.25) is 0 Å². The summed E-state index contributed by atoms with van der Waals surface area (Å²) < 4.78 is 68.2. The molecule has 17 nitrogen and oxygen atoms in total. The van der Waals surface area contributed by atoms with Crippen molar-refractivity contribution in [3.8, 4) is 0 Å². The molecule has 0 amide bonds. The third kappa shape index (κ3) is 61.3. The zero-order chi connectivity index (χ0) is 64.2. The van der Waals surface area contributed by atoms with Gasteiger partial charge in [0.15, 0.2) is 12.2 Å². The van der Waals surface area contributed by atoms with Crippen LogP contribution in [0.5, 0.6) is 0 Å². The highest BCUT2D eigenvalue weighted by Gasteiger charge is 2.30. The quantitative estimate of drug-likeness (QED) is 0.0222. The molecule has 87 heavy (non-hydrogen) atoms. The lowest BCUT2D eigenvalue weighted by Gasteiger charge is -2.21. The van der Waals surface area contributed by atoms with Gasteiger partial charge in [-0.15, -0.1) is 0 Å². The van der Waals surface area contributed by atoms with Gasteiger partial charge in [0.05, 0.1) is 26.4 Å². The first-order valence-corrected chi connectivity index (χ1v) is 38.7. The number of esters is 4. The summed E-state index contributed by atoms with van der Waals surface area (Å²) in [5.41, 5.74) is 0. The molecule has 3 unspecified atom stereocenters. The Morgan fingerprint density at radius 1 is 0.322 bits per heavy atom. The van der Waals surface area contributed by atoms with E-state index < -0.39 is 97.5 Å². The Kier molecular flexibility index (Phi) is 60.2. The maximum atomic E-state index is 13.0. The molecule has 0 saturated heterocycles. The molecule has 6 atom stereocenters. The van der Waals surface area contributed by atoms with Gasteiger partial charge >= 0.3 is 39.5 Å². The molecule has 0 bridgehead atoms. The van der Waals surface area contributed by atoms with Gasteiger partial charge in [-0.25, -0.2) is 9.13 Å². The number of carbonyl (C=O) groups is 4. The van der Waals surface area contributed by atoms with Crippen molar-refractivity contribution >= 4 is 39.5 Å². The second-order valence-corrected chi connectivity index (χ2v) is 27.7. The first kappa shape index (κ1) is 85.1. The molecular formula is C68H132O17P2. The Balaban J connectivity index is 5.24. The third-order valence-electron chi connectivity index (χ3n) is 16.1. The normalized spacial score (nSPS) is 14.4. The van der Waals surface area contributed by atoms with Gasteiger partial charge in [0.25, 0.3) is 0 Å². The fourth-order valence-electron chi connectivity index (χ4n) is 10.3. The van der Waals surface area contributed by atoms with E-state index in [1.54, 1.807) is 0 Å². The number of aliphatic hydroxyl groups excluding tert-OH is 1. The summed E-state index contributed by atoms with van der Waals surface area (Å²) in [6.45, 7) is 7.24. The van der Waals surface area contributed by atoms with Crippen LogP contribution < -0.4 is 0 Å². The Hall–Kier alpha value is -1.94. The Morgan fingerprint density at radius 2 is 0.552 bits per heavy atom. The molecule has 0 aliphatic rings. The molecule has 0 aliphatic carbocycles. The van der Waals surface area contributed by atoms with E-state index in [-0.39, 0.29) is 25.7 Å². The van der Waals surface area contributed by atoms with Gasteiger partial charge in [-0.3, -0.25) is 37.3 Å². The number of phosphoric acid groups is 2. The highest BCUT2D eigenvalue weighted by Crippen LogP contribution is 2.45. The van der Waals surface area contributed by atoms with Crippen LogP contribution in [-0.4, -0.2) is 96.7 Å². The van der Waals surface area contributed by atoms with Crippen molar-refractivity contribution in [3.05, 3.63) is 0 Å². The minimum absolute atomic E-state index is 0.107. The molecule has 0 saturated carbocycles. The number of ether oxygens (including phenoxy) is 4. The van der Waals surface area contributed by atoms with E-state index in [0.29, 0.717) is 25.7 Å². The zero-order valence-corrected chi connectivity index (χ0v) is 57.9. The molecule has 516 valence electrons. The fraction of sp³-hybridized carbons (Fsp3) is 0.941. The van der Waals surface area contributed by atoms with Gasteiger partial charge in [-0.05, 0) is 31.6 Å². The molecule has 0 spiro atoms. The summed E-state index contributed by atoms with van der Waals surface area (Å²) >= 11 is 0. The average Bonchev–Trinajstić information content (AvgIpc) is 3.67. The molecule has 3 N–H and O–H groups in total. The second-order valence-electron chi connectivity index (χ2n) is 24.8. The van der Waals surface area contributed by atoms with Crippen LogP contribution in [-0.2, 0) is 65.4 Å². The zero-order valence-electron chi connectivity index (χ0n) is 56.2. The highest BCUT2D eigenvalue weighted by atomic mass is 31.2. The van der Waals surface area contributed by atoms with Crippen molar-refractivity contribution < 1.29 is 80.2 Å². The van der Waals surface area contributed by atoms with E-state index in [2.05, 4.69) is 34.6 Å². The smallest absolute Gasteiger partial charge is 0.462 e. The molecule has 0 aromatic carbocycles. The summed E-state index contributed by atoms with van der Waals surface area (Å²) in [6.07, 6.45) is 46.9. The van der Waals surface area contributed by atoms with Crippen LogP contribution >= 0.6 is 15.6 Å². The first-order valence-electron chi connectivity index (χ1n) is 35.7. The SMILES string of the molecule is CCCCCCCCCCCCCCCC(=O)OC[C@H](COP(=O)(O)OC[C@@H](O)COP(=O)(O)OC[C@@H](COC(=O)CCCCCCCCCCCC)OC(=O)CCCCCCCCCCCC)OC(=O)CCCCCCCCCCCCC(C)CC. The van der Waals surface area contributed by atoms with Crippen molar-refractivity contribution in [2.45, 2.75) is 368 Å². The molecule has 0 aromatic rings. The van der Waals surface area contributed by atoms with Gasteiger partial charge in [0, 0.05) is 25.7 Å². The number of phosphoric ester groups is 2. The van der Waals surface area contributed by atoms with Crippen LogP contribution in [0.3, 0.4) is 0 Å². The Labute approximate surface area is 530 Å². The lowest BCUT2D eigenvalue weighted by atomic mass is 9.99. The maximum absolute atomic E-state index is 13.0. The number of rotatable bonds is 68. The topological polar surface area (TPSA) is 237 Å². The van der Waals surface area contributed by atoms with E-state index in [4.69, 9.17) is 37.0 Å². The van der Waals surface area contributed by atoms with E-state index >= 15 is 0 Å². The van der Waals surface area contributed by atoms with Gasteiger partial charge in [0.1, 0.15) is 19.3 Å². The molecule has 0 heterocycles. The van der Waals surface area contributed by atoms with Crippen molar-refractivity contribution in [1.29, 1.82) is 0 Å². The summed E-state index contributed by atoms with van der Waals surface area (Å²) in [5, 5.41) is 10.6. The molecule has 0 radical (unpaired) electrons. The number of hydrogen-bond acceptors (Lipinski definition) is 15. The lowest BCUT2D eigenvalue weighted by molar-refractivity contribution is -0.161. The summed E-state index contributed by atoms with van der Waals surface area (Å²) in [4.78, 5) is 72.4. The van der Waals surface area contributed by atoms with Gasteiger partial charge < -0.3 is 33.8 Å². The Bertz CT molecular complexity index is 1690. The molecule has 19 heteroatoms. The van der Waals surface area contributed by atoms with Crippen molar-refractivity contribution in [2.24, 2.45) is 5.92 Å². The fourth-order valence-corrected chi connectivity index (χ4v) is 11.8. The minimum atomic E-state index is -4.95. The monoisotopic (exact) mass is 1280 g/mol. The van der Waals surface area contributed by atoms with E-state index in [1.165, 1.54) is 173 Å². The van der Waals surface area contributed by atoms with Gasteiger partial charge in [0.2, 0.25) is 0 Å². The Morgan fingerprint density at radius 3 is 0.816 bits per heavy atom. The number of aliphatic hydroxyl groups is 1. The highest BCUT2D eigenvalue weighted by molar-refractivity contribution is 7.47. The molecule has 0 aromatic heterocycles. The van der Waals surface area contributed by atoms with Crippen LogP contribution in [0.25, 0.3) is 0 Å². The molecule has 0 fully saturated rings. The number of carbonyl (C=O) groups excluding carboxylic acids is 4.